The molecule has 0 aliphatic carbocycles. The summed E-state index contributed by atoms with van der Waals surface area (Å²) in [5.74, 6) is 0.759. The van der Waals surface area contributed by atoms with Crippen molar-refractivity contribution in [2.45, 2.75) is 19.9 Å². The van der Waals surface area contributed by atoms with Gasteiger partial charge in [-0.15, -0.1) is 0 Å². The minimum absolute atomic E-state index is 0.0509. The van der Waals surface area contributed by atoms with Crippen LogP contribution in [0.15, 0.2) is 48.7 Å². The Morgan fingerprint density at radius 1 is 1.23 bits per heavy atom. The maximum absolute atomic E-state index is 12.2. The molecule has 0 aliphatic heterocycles. The molecule has 2 heterocycles. The number of amides is 1. The van der Waals surface area contributed by atoms with Gasteiger partial charge < -0.3 is 10.1 Å². The Morgan fingerprint density at radius 2 is 2.08 bits per heavy atom. The Labute approximate surface area is 155 Å². The molecule has 4 rings (SSSR count). The molecule has 1 amide bonds. The van der Waals surface area contributed by atoms with Crippen molar-refractivity contribution in [2.24, 2.45) is 0 Å². The van der Waals surface area contributed by atoms with E-state index in [4.69, 9.17) is 9.72 Å². The summed E-state index contributed by atoms with van der Waals surface area (Å²) in [4.78, 5) is 17.9. The SMILES string of the molecule is COc1cccc(-c2cn3c(n2)sc2cc(C(=O)NC(C)C)ccc23)c1. The lowest BCUT2D eigenvalue weighted by atomic mass is 10.1. The van der Waals surface area contributed by atoms with E-state index < -0.39 is 0 Å². The number of carbonyl (C=O) groups is 1. The summed E-state index contributed by atoms with van der Waals surface area (Å²) in [6.45, 7) is 3.91. The Bertz CT molecular complexity index is 1110. The molecule has 0 spiro atoms. The number of benzene rings is 2. The Kier molecular flexibility index (Phi) is 4.12. The quantitative estimate of drug-likeness (QED) is 0.584. The first kappa shape index (κ1) is 16.6. The molecule has 5 nitrogen and oxygen atoms in total. The summed E-state index contributed by atoms with van der Waals surface area (Å²) < 4.78 is 8.41. The molecule has 1 N–H and O–H groups in total. The average molecular weight is 365 g/mol. The first-order valence-electron chi connectivity index (χ1n) is 8.42. The van der Waals surface area contributed by atoms with Crippen LogP contribution in [0, 0.1) is 0 Å². The third-order valence-electron chi connectivity index (χ3n) is 4.14. The number of nitrogens with one attached hydrogen (secondary N) is 1. The van der Waals surface area contributed by atoms with Crippen LogP contribution >= 0.6 is 11.3 Å². The fourth-order valence-electron chi connectivity index (χ4n) is 2.91. The van der Waals surface area contributed by atoms with Gasteiger partial charge in [-0.25, -0.2) is 4.98 Å². The van der Waals surface area contributed by atoms with Gasteiger partial charge in [-0.2, -0.15) is 0 Å². The lowest BCUT2D eigenvalue weighted by molar-refractivity contribution is 0.0943. The lowest BCUT2D eigenvalue weighted by Gasteiger charge is -2.08. The number of rotatable bonds is 4. The van der Waals surface area contributed by atoms with Crippen LogP contribution in [0.3, 0.4) is 0 Å². The number of imidazole rings is 1. The van der Waals surface area contributed by atoms with E-state index in [1.54, 1.807) is 18.4 Å². The van der Waals surface area contributed by atoms with Gasteiger partial charge in [0.15, 0.2) is 4.96 Å². The second-order valence-corrected chi connectivity index (χ2v) is 7.43. The zero-order valence-corrected chi connectivity index (χ0v) is 15.6. The summed E-state index contributed by atoms with van der Waals surface area (Å²) in [7, 11) is 1.66. The number of methoxy groups -OCH3 is 1. The second kappa shape index (κ2) is 6.46. The molecule has 0 saturated carbocycles. The molecule has 0 bridgehead atoms. The number of hydrogen-bond acceptors (Lipinski definition) is 4. The molecule has 2 aromatic carbocycles. The molecule has 0 atom stereocenters. The van der Waals surface area contributed by atoms with Crippen molar-refractivity contribution in [1.82, 2.24) is 14.7 Å². The average Bonchev–Trinajstić information content (AvgIpc) is 3.18. The van der Waals surface area contributed by atoms with Gasteiger partial charge in [0.1, 0.15) is 5.75 Å². The zero-order valence-electron chi connectivity index (χ0n) is 14.8. The number of aromatic nitrogens is 2. The standard InChI is InChI=1S/C20H19N3O2S/c1-12(2)21-19(24)14-7-8-17-18(10-14)26-20-22-16(11-23(17)20)13-5-4-6-15(9-13)25-3/h4-12H,1-3H3,(H,21,24). The van der Waals surface area contributed by atoms with Crippen molar-refractivity contribution in [3.05, 3.63) is 54.2 Å². The molecule has 6 heteroatoms. The van der Waals surface area contributed by atoms with E-state index in [-0.39, 0.29) is 11.9 Å². The van der Waals surface area contributed by atoms with Crippen molar-refractivity contribution >= 4 is 32.4 Å². The molecule has 0 radical (unpaired) electrons. The van der Waals surface area contributed by atoms with E-state index in [2.05, 4.69) is 9.72 Å². The minimum atomic E-state index is -0.0509. The molecule has 0 unspecified atom stereocenters. The van der Waals surface area contributed by atoms with Crippen molar-refractivity contribution in [3.63, 3.8) is 0 Å². The van der Waals surface area contributed by atoms with Crippen LogP contribution in [0.1, 0.15) is 24.2 Å². The maximum Gasteiger partial charge on any atom is 0.251 e. The first-order valence-corrected chi connectivity index (χ1v) is 9.24. The van der Waals surface area contributed by atoms with Gasteiger partial charge in [-0.1, -0.05) is 23.5 Å². The van der Waals surface area contributed by atoms with Gasteiger partial charge in [0, 0.05) is 23.4 Å². The number of fused-ring (bicyclic) bond motifs is 3. The Hall–Kier alpha value is -2.86. The predicted molar refractivity (Wildman–Crippen MR) is 105 cm³/mol. The van der Waals surface area contributed by atoms with Crippen LogP contribution in [-0.2, 0) is 0 Å². The van der Waals surface area contributed by atoms with E-state index in [0.29, 0.717) is 5.56 Å². The van der Waals surface area contributed by atoms with Crippen LogP contribution in [-0.4, -0.2) is 28.4 Å². The highest BCUT2D eigenvalue weighted by Crippen LogP contribution is 2.31. The van der Waals surface area contributed by atoms with E-state index in [9.17, 15) is 4.79 Å². The van der Waals surface area contributed by atoms with E-state index in [1.807, 2.05) is 62.5 Å². The summed E-state index contributed by atoms with van der Waals surface area (Å²) >= 11 is 1.58. The normalized spacial score (nSPS) is 11.4. The van der Waals surface area contributed by atoms with Gasteiger partial charge in [-0.3, -0.25) is 9.20 Å². The lowest BCUT2D eigenvalue weighted by Crippen LogP contribution is -2.29. The van der Waals surface area contributed by atoms with Gasteiger partial charge in [-0.05, 0) is 44.2 Å². The number of ether oxygens (including phenoxy) is 1. The summed E-state index contributed by atoms with van der Waals surface area (Å²) in [6.07, 6.45) is 2.02. The zero-order chi connectivity index (χ0) is 18.3. The van der Waals surface area contributed by atoms with Crippen molar-refractivity contribution in [3.8, 4) is 17.0 Å². The Balaban J connectivity index is 1.74. The molecule has 132 valence electrons. The first-order chi connectivity index (χ1) is 12.5. The highest BCUT2D eigenvalue weighted by atomic mass is 32.1. The molecular formula is C20H19N3O2S. The van der Waals surface area contributed by atoms with Crippen LogP contribution in [0.2, 0.25) is 0 Å². The van der Waals surface area contributed by atoms with E-state index in [0.717, 1.165) is 32.2 Å². The second-order valence-electron chi connectivity index (χ2n) is 6.42. The third kappa shape index (κ3) is 2.93. The van der Waals surface area contributed by atoms with Gasteiger partial charge >= 0.3 is 0 Å². The highest BCUT2D eigenvalue weighted by Gasteiger charge is 2.13. The van der Waals surface area contributed by atoms with Crippen LogP contribution < -0.4 is 10.1 Å². The third-order valence-corrected chi connectivity index (χ3v) is 5.16. The van der Waals surface area contributed by atoms with Crippen molar-refractivity contribution in [1.29, 1.82) is 0 Å². The smallest absolute Gasteiger partial charge is 0.251 e. The number of carbonyl (C=O) groups excluding carboxylic acids is 1. The van der Waals surface area contributed by atoms with Crippen molar-refractivity contribution in [2.75, 3.05) is 7.11 Å². The van der Waals surface area contributed by atoms with Gasteiger partial charge in [0.25, 0.3) is 5.91 Å². The Morgan fingerprint density at radius 3 is 2.85 bits per heavy atom. The molecule has 4 aromatic rings. The predicted octanol–water partition coefficient (Wildman–Crippen LogP) is 4.36. The van der Waals surface area contributed by atoms with Crippen molar-refractivity contribution < 1.29 is 9.53 Å². The van der Waals surface area contributed by atoms with Crippen LogP contribution in [0.5, 0.6) is 5.75 Å². The minimum Gasteiger partial charge on any atom is -0.497 e. The number of nitrogens with zero attached hydrogens (tertiary/aromatic N) is 2. The van der Waals surface area contributed by atoms with Gasteiger partial charge in [0.05, 0.1) is 23.0 Å². The summed E-state index contributed by atoms with van der Waals surface area (Å²) in [5, 5.41) is 2.92. The monoisotopic (exact) mass is 365 g/mol. The number of hydrogen-bond donors (Lipinski definition) is 1. The van der Waals surface area contributed by atoms with Crippen LogP contribution in [0.25, 0.3) is 26.4 Å². The summed E-state index contributed by atoms with van der Waals surface area (Å²) in [6, 6.07) is 13.7. The van der Waals surface area contributed by atoms with Crippen LogP contribution in [0.4, 0.5) is 0 Å². The number of thiazole rings is 1. The fraction of sp³-hybridized carbons (Fsp3) is 0.200. The van der Waals surface area contributed by atoms with Gasteiger partial charge in [0.2, 0.25) is 0 Å². The molecule has 0 fully saturated rings. The van der Waals surface area contributed by atoms with E-state index >= 15 is 0 Å². The highest BCUT2D eigenvalue weighted by molar-refractivity contribution is 7.23. The molecule has 26 heavy (non-hydrogen) atoms. The van der Waals surface area contributed by atoms with E-state index in [1.165, 1.54) is 0 Å². The molecule has 2 aromatic heterocycles. The molecule has 0 aliphatic rings. The largest absolute Gasteiger partial charge is 0.497 e. The fourth-order valence-corrected chi connectivity index (χ4v) is 3.96. The maximum atomic E-state index is 12.2. The molecule has 0 saturated heterocycles. The summed E-state index contributed by atoms with van der Waals surface area (Å²) in [5.41, 5.74) is 3.64. The topological polar surface area (TPSA) is 55.6 Å². The molecular weight excluding hydrogens is 346 g/mol.